The van der Waals surface area contributed by atoms with Crippen LogP contribution in [0.25, 0.3) is 0 Å². The monoisotopic (exact) mass is 355 g/mol. The number of ether oxygens (including phenoxy) is 1. The fourth-order valence-corrected chi connectivity index (χ4v) is 2.78. The fourth-order valence-electron chi connectivity index (χ4n) is 2.00. The summed E-state index contributed by atoms with van der Waals surface area (Å²) < 4.78 is 28.4. The molecule has 0 aliphatic heterocycles. The zero-order valence-corrected chi connectivity index (χ0v) is 13.2. The summed E-state index contributed by atoms with van der Waals surface area (Å²) in [5, 5.41) is 6.96. The highest BCUT2D eigenvalue weighted by molar-refractivity contribution is 7.10. The van der Waals surface area contributed by atoms with Crippen molar-refractivity contribution in [1.82, 2.24) is 5.32 Å². The number of rotatable bonds is 7. The lowest BCUT2D eigenvalue weighted by atomic mass is 10.1. The van der Waals surface area contributed by atoms with Gasteiger partial charge in [0.2, 0.25) is 5.91 Å². The number of carbonyl (C=O) groups excluding carboxylic acids is 2. The van der Waals surface area contributed by atoms with E-state index < -0.39 is 18.7 Å². The Labute approximate surface area is 140 Å². The van der Waals surface area contributed by atoms with Crippen LogP contribution < -0.4 is 21.1 Å². The standard InChI is InChI=1S/C15H15F2N3O3S/c16-14(17)23-10-5-3-9(4-6-10)19-13(21)8-11(20-15(18)22)12-2-1-7-24-12/h1-7,11,14H,8H2,(H,19,21)(H3,18,20,22). The molecular weight excluding hydrogens is 340 g/mol. The van der Waals surface area contributed by atoms with E-state index in [1.54, 1.807) is 12.1 Å². The lowest BCUT2D eigenvalue weighted by Gasteiger charge is -2.16. The Hall–Kier alpha value is -2.68. The van der Waals surface area contributed by atoms with Crippen LogP contribution in [0.3, 0.4) is 0 Å². The van der Waals surface area contributed by atoms with Gasteiger partial charge in [0.25, 0.3) is 0 Å². The van der Waals surface area contributed by atoms with Crippen molar-refractivity contribution in [2.45, 2.75) is 19.1 Å². The number of alkyl halides is 2. The van der Waals surface area contributed by atoms with Gasteiger partial charge in [-0.2, -0.15) is 8.78 Å². The number of nitrogens with one attached hydrogen (secondary N) is 2. The first kappa shape index (κ1) is 17.7. The normalized spacial score (nSPS) is 11.8. The zero-order valence-electron chi connectivity index (χ0n) is 12.4. The summed E-state index contributed by atoms with van der Waals surface area (Å²) in [5.41, 5.74) is 5.55. The van der Waals surface area contributed by atoms with E-state index in [2.05, 4.69) is 15.4 Å². The number of nitrogens with two attached hydrogens (primary N) is 1. The molecule has 128 valence electrons. The lowest BCUT2D eigenvalue weighted by molar-refractivity contribution is -0.116. The number of urea groups is 1. The highest BCUT2D eigenvalue weighted by Gasteiger charge is 2.18. The highest BCUT2D eigenvalue weighted by Crippen LogP contribution is 2.23. The minimum absolute atomic E-state index is 0.00476. The number of primary amides is 1. The first-order valence-electron chi connectivity index (χ1n) is 6.88. The molecule has 2 rings (SSSR count). The molecule has 1 unspecified atom stereocenters. The average molecular weight is 355 g/mol. The molecule has 6 nitrogen and oxygen atoms in total. The van der Waals surface area contributed by atoms with E-state index in [9.17, 15) is 18.4 Å². The second-order valence-electron chi connectivity index (χ2n) is 4.73. The van der Waals surface area contributed by atoms with Crippen molar-refractivity contribution in [2.75, 3.05) is 5.32 Å². The second kappa shape index (κ2) is 8.25. The summed E-state index contributed by atoms with van der Waals surface area (Å²) in [7, 11) is 0. The first-order chi connectivity index (χ1) is 11.4. The van der Waals surface area contributed by atoms with Crippen LogP contribution >= 0.6 is 11.3 Å². The maximum atomic E-state index is 12.1. The van der Waals surface area contributed by atoms with Crippen LogP contribution in [0, 0.1) is 0 Å². The lowest BCUT2D eigenvalue weighted by Crippen LogP contribution is -2.34. The van der Waals surface area contributed by atoms with Crippen molar-refractivity contribution in [2.24, 2.45) is 5.73 Å². The van der Waals surface area contributed by atoms with Crippen molar-refractivity contribution >= 4 is 29.0 Å². The summed E-state index contributed by atoms with van der Waals surface area (Å²) in [5.74, 6) is -0.362. The molecule has 0 aliphatic rings. The fraction of sp³-hybridized carbons (Fsp3) is 0.200. The first-order valence-corrected chi connectivity index (χ1v) is 7.76. The maximum absolute atomic E-state index is 12.1. The molecule has 9 heteroatoms. The third kappa shape index (κ3) is 5.51. The Morgan fingerprint density at radius 3 is 2.46 bits per heavy atom. The molecule has 0 fully saturated rings. The number of halogens is 2. The summed E-state index contributed by atoms with van der Waals surface area (Å²) >= 11 is 1.39. The molecule has 0 radical (unpaired) electrons. The van der Waals surface area contributed by atoms with Gasteiger partial charge in [0.1, 0.15) is 5.75 Å². The van der Waals surface area contributed by atoms with Gasteiger partial charge in [0, 0.05) is 10.6 Å². The largest absolute Gasteiger partial charge is 0.435 e. The van der Waals surface area contributed by atoms with Gasteiger partial charge in [0.05, 0.1) is 12.5 Å². The highest BCUT2D eigenvalue weighted by atomic mass is 32.1. The molecule has 0 saturated carbocycles. The van der Waals surface area contributed by atoms with E-state index in [4.69, 9.17) is 5.73 Å². The third-order valence-corrected chi connectivity index (χ3v) is 3.94. The van der Waals surface area contributed by atoms with Crippen LogP contribution in [0.4, 0.5) is 19.3 Å². The van der Waals surface area contributed by atoms with E-state index in [1.165, 1.54) is 35.6 Å². The van der Waals surface area contributed by atoms with Gasteiger partial charge >= 0.3 is 12.6 Å². The molecular formula is C15H15F2N3O3S. The molecule has 1 heterocycles. The number of thiophene rings is 1. The summed E-state index contributed by atoms with van der Waals surface area (Å²) in [6.07, 6.45) is -0.0151. The Morgan fingerprint density at radius 2 is 1.92 bits per heavy atom. The molecule has 0 bridgehead atoms. The predicted molar refractivity (Wildman–Crippen MR) is 86.1 cm³/mol. The van der Waals surface area contributed by atoms with E-state index in [0.29, 0.717) is 5.69 Å². The molecule has 1 aromatic heterocycles. The number of anilines is 1. The Balaban J connectivity index is 1.96. The van der Waals surface area contributed by atoms with Crippen LogP contribution in [0.15, 0.2) is 41.8 Å². The van der Waals surface area contributed by atoms with Crippen LogP contribution in [0.2, 0.25) is 0 Å². The second-order valence-corrected chi connectivity index (χ2v) is 5.71. The summed E-state index contributed by atoms with van der Waals surface area (Å²) in [6.45, 7) is -2.91. The van der Waals surface area contributed by atoms with Crippen LogP contribution in [-0.4, -0.2) is 18.5 Å². The zero-order chi connectivity index (χ0) is 17.5. The summed E-state index contributed by atoms with van der Waals surface area (Å²) in [6, 6.07) is 7.85. The van der Waals surface area contributed by atoms with E-state index in [0.717, 1.165) is 4.88 Å². The van der Waals surface area contributed by atoms with E-state index >= 15 is 0 Å². The van der Waals surface area contributed by atoms with E-state index in [1.807, 2.05) is 5.38 Å². The number of hydrogen-bond acceptors (Lipinski definition) is 4. The number of benzene rings is 1. The topological polar surface area (TPSA) is 93.5 Å². The average Bonchev–Trinajstić information content (AvgIpc) is 3.02. The SMILES string of the molecule is NC(=O)NC(CC(=O)Nc1ccc(OC(F)F)cc1)c1cccs1. The van der Waals surface area contributed by atoms with E-state index in [-0.39, 0.29) is 18.1 Å². The van der Waals surface area contributed by atoms with Gasteiger partial charge in [-0.3, -0.25) is 4.79 Å². The smallest absolute Gasteiger partial charge is 0.387 e. The van der Waals surface area contributed by atoms with Crippen LogP contribution in [0.1, 0.15) is 17.3 Å². The van der Waals surface area contributed by atoms with Crippen molar-refractivity contribution in [1.29, 1.82) is 0 Å². The number of carbonyl (C=O) groups is 2. The molecule has 2 aromatic rings. The van der Waals surface area contributed by atoms with Gasteiger partial charge in [-0.1, -0.05) is 6.07 Å². The third-order valence-electron chi connectivity index (χ3n) is 2.96. The molecule has 1 atom stereocenters. The van der Waals surface area contributed by atoms with Crippen molar-refractivity contribution in [3.8, 4) is 5.75 Å². The minimum atomic E-state index is -2.91. The van der Waals surface area contributed by atoms with Crippen molar-refractivity contribution in [3.63, 3.8) is 0 Å². The van der Waals surface area contributed by atoms with Gasteiger partial charge in [-0.25, -0.2) is 4.79 Å². The molecule has 4 N–H and O–H groups in total. The van der Waals surface area contributed by atoms with Crippen molar-refractivity contribution < 1.29 is 23.1 Å². The van der Waals surface area contributed by atoms with Gasteiger partial charge in [-0.05, 0) is 35.7 Å². The van der Waals surface area contributed by atoms with Crippen molar-refractivity contribution in [3.05, 3.63) is 46.7 Å². The quantitative estimate of drug-likeness (QED) is 0.712. The van der Waals surface area contributed by atoms with Gasteiger partial charge in [0.15, 0.2) is 0 Å². The Morgan fingerprint density at radius 1 is 1.21 bits per heavy atom. The predicted octanol–water partition coefficient (Wildman–Crippen LogP) is 3.09. The number of amides is 3. The molecule has 0 spiro atoms. The molecule has 0 saturated heterocycles. The van der Waals surface area contributed by atoms with Crippen LogP contribution in [0.5, 0.6) is 5.75 Å². The van der Waals surface area contributed by atoms with Gasteiger partial charge < -0.3 is 21.1 Å². The molecule has 3 amide bonds. The number of hydrogen-bond donors (Lipinski definition) is 3. The van der Waals surface area contributed by atoms with Crippen LogP contribution in [-0.2, 0) is 4.79 Å². The summed E-state index contributed by atoms with van der Waals surface area (Å²) in [4.78, 5) is 24.0. The molecule has 0 aliphatic carbocycles. The Kier molecular flexibility index (Phi) is 6.07. The Bertz CT molecular complexity index is 678. The molecule has 1 aromatic carbocycles. The minimum Gasteiger partial charge on any atom is -0.435 e. The molecule has 24 heavy (non-hydrogen) atoms. The maximum Gasteiger partial charge on any atom is 0.387 e. The van der Waals surface area contributed by atoms with Gasteiger partial charge in [-0.15, -0.1) is 11.3 Å².